The van der Waals surface area contributed by atoms with Gasteiger partial charge in [0.25, 0.3) is 5.91 Å². The molecule has 1 amide bonds. The summed E-state index contributed by atoms with van der Waals surface area (Å²) in [4.78, 5) is 16.2. The van der Waals surface area contributed by atoms with Crippen LogP contribution in [0.25, 0.3) is 0 Å². The molecule has 0 bridgehead atoms. The van der Waals surface area contributed by atoms with Gasteiger partial charge in [0, 0.05) is 24.2 Å². The highest BCUT2D eigenvalue weighted by molar-refractivity contribution is 7.89. The highest BCUT2D eigenvalue weighted by Gasteiger charge is 2.28. The standard InChI is InChI=1S/C15H19N3O4S2/c1-11(14-3-2-8-23-14)17-15(19)13-9-12(10-16-13)24(20,21)18-4-6-22-7-5-18/h2-3,8-11,16H,4-7H2,1H3,(H,17,19). The van der Waals surface area contributed by atoms with Crippen molar-refractivity contribution in [2.75, 3.05) is 26.3 Å². The van der Waals surface area contributed by atoms with Gasteiger partial charge in [-0.2, -0.15) is 4.31 Å². The van der Waals surface area contributed by atoms with E-state index in [0.29, 0.717) is 26.3 Å². The minimum absolute atomic E-state index is 0.0957. The Kier molecular flexibility index (Phi) is 5.04. The Morgan fingerprint density at radius 2 is 2.17 bits per heavy atom. The first-order valence-electron chi connectivity index (χ1n) is 7.59. The Morgan fingerprint density at radius 3 is 2.83 bits per heavy atom. The number of carbonyl (C=O) groups is 1. The number of amides is 1. The molecular formula is C15H19N3O4S2. The largest absolute Gasteiger partial charge is 0.379 e. The molecular weight excluding hydrogens is 350 g/mol. The lowest BCUT2D eigenvalue weighted by Gasteiger charge is -2.25. The summed E-state index contributed by atoms with van der Waals surface area (Å²) < 4.78 is 31.7. The maximum Gasteiger partial charge on any atom is 0.268 e. The first kappa shape index (κ1) is 17.2. The normalized spacial score (nSPS) is 17.5. The highest BCUT2D eigenvalue weighted by atomic mass is 32.2. The van der Waals surface area contributed by atoms with Gasteiger partial charge in [-0.25, -0.2) is 8.42 Å². The number of sulfonamides is 1. The SMILES string of the molecule is CC(NC(=O)c1cc(S(=O)(=O)N2CCOCC2)c[nH]1)c1cccs1. The molecule has 2 aromatic heterocycles. The van der Waals surface area contributed by atoms with Crippen LogP contribution in [0.4, 0.5) is 0 Å². The van der Waals surface area contributed by atoms with Gasteiger partial charge in [0.2, 0.25) is 10.0 Å². The highest BCUT2D eigenvalue weighted by Crippen LogP contribution is 2.20. The van der Waals surface area contributed by atoms with Crippen molar-refractivity contribution >= 4 is 27.3 Å². The fraction of sp³-hybridized carbons (Fsp3) is 0.400. The molecule has 0 aliphatic carbocycles. The van der Waals surface area contributed by atoms with Crippen LogP contribution in [0.2, 0.25) is 0 Å². The number of hydrogen-bond acceptors (Lipinski definition) is 5. The lowest BCUT2D eigenvalue weighted by Crippen LogP contribution is -2.40. The van der Waals surface area contributed by atoms with Crippen LogP contribution in [0.1, 0.15) is 28.3 Å². The molecule has 2 aromatic rings. The minimum atomic E-state index is -3.60. The average Bonchev–Trinajstić information content (AvgIpc) is 3.27. The molecule has 9 heteroatoms. The molecule has 2 N–H and O–H groups in total. The van der Waals surface area contributed by atoms with Gasteiger partial charge in [0.05, 0.1) is 19.3 Å². The van der Waals surface area contributed by atoms with Crippen molar-refractivity contribution in [3.05, 3.63) is 40.3 Å². The predicted molar refractivity (Wildman–Crippen MR) is 90.6 cm³/mol. The second-order valence-electron chi connectivity index (χ2n) is 5.48. The molecule has 0 spiro atoms. The third-order valence-electron chi connectivity index (χ3n) is 3.83. The molecule has 1 unspecified atom stereocenters. The predicted octanol–water partition coefficient (Wildman–Crippen LogP) is 1.59. The van der Waals surface area contributed by atoms with E-state index in [0.717, 1.165) is 4.88 Å². The fourth-order valence-electron chi connectivity index (χ4n) is 2.47. The monoisotopic (exact) mass is 369 g/mol. The van der Waals surface area contributed by atoms with Crippen LogP contribution in [0.5, 0.6) is 0 Å². The Labute approximate surface area is 144 Å². The van der Waals surface area contributed by atoms with Gasteiger partial charge in [-0.15, -0.1) is 11.3 Å². The van der Waals surface area contributed by atoms with E-state index in [1.807, 2.05) is 24.4 Å². The van der Waals surface area contributed by atoms with Crippen LogP contribution >= 0.6 is 11.3 Å². The van der Waals surface area contributed by atoms with Crippen LogP contribution in [0, 0.1) is 0 Å². The molecule has 1 aliphatic heterocycles. The smallest absolute Gasteiger partial charge is 0.268 e. The summed E-state index contributed by atoms with van der Waals surface area (Å²) in [7, 11) is -3.60. The van der Waals surface area contributed by atoms with Gasteiger partial charge in [-0.05, 0) is 24.4 Å². The second kappa shape index (κ2) is 7.06. The number of thiophene rings is 1. The van der Waals surface area contributed by atoms with Crippen molar-refractivity contribution in [1.29, 1.82) is 0 Å². The summed E-state index contributed by atoms with van der Waals surface area (Å²) in [5.41, 5.74) is 0.227. The van der Waals surface area contributed by atoms with E-state index >= 15 is 0 Å². The fourth-order valence-corrected chi connectivity index (χ4v) is 4.61. The Hall–Kier alpha value is -1.68. The number of carbonyl (C=O) groups excluding carboxylic acids is 1. The topological polar surface area (TPSA) is 91.5 Å². The average molecular weight is 369 g/mol. The van der Waals surface area contributed by atoms with Crippen molar-refractivity contribution in [3.8, 4) is 0 Å². The quantitative estimate of drug-likeness (QED) is 0.837. The van der Waals surface area contributed by atoms with Gasteiger partial charge in [0.1, 0.15) is 10.6 Å². The first-order chi connectivity index (χ1) is 11.5. The summed E-state index contributed by atoms with van der Waals surface area (Å²) in [6, 6.07) is 5.10. The van der Waals surface area contributed by atoms with Gasteiger partial charge in [-0.1, -0.05) is 6.07 Å². The van der Waals surface area contributed by atoms with E-state index in [1.165, 1.54) is 16.6 Å². The van der Waals surface area contributed by atoms with Gasteiger partial charge in [-0.3, -0.25) is 4.79 Å². The molecule has 130 valence electrons. The summed E-state index contributed by atoms with van der Waals surface area (Å²) in [5, 5.41) is 4.80. The molecule has 1 atom stereocenters. The number of hydrogen-bond donors (Lipinski definition) is 2. The van der Waals surface area contributed by atoms with Crippen LogP contribution in [0.15, 0.2) is 34.7 Å². The van der Waals surface area contributed by atoms with E-state index in [1.54, 1.807) is 11.3 Å². The number of aromatic nitrogens is 1. The summed E-state index contributed by atoms with van der Waals surface area (Å²) >= 11 is 1.56. The molecule has 3 rings (SSSR count). The number of rotatable bonds is 5. The van der Waals surface area contributed by atoms with Crippen molar-refractivity contribution in [2.45, 2.75) is 17.9 Å². The maximum absolute atomic E-state index is 12.6. The lowest BCUT2D eigenvalue weighted by molar-refractivity contribution is 0.0730. The van der Waals surface area contributed by atoms with Gasteiger partial charge < -0.3 is 15.0 Å². The van der Waals surface area contributed by atoms with E-state index in [-0.39, 0.29) is 22.5 Å². The van der Waals surface area contributed by atoms with E-state index in [2.05, 4.69) is 10.3 Å². The molecule has 7 nitrogen and oxygen atoms in total. The lowest BCUT2D eigenvalue weighted by atomic mass is 10.2. The second-order valence-corrected chi connectivity index (χ2v) is 8.39. The third-order valence-corrected chi connectivity index (χ3v) is 6.76. The van der Waals surface area contributed by atoms with Gasteiger partial charge in [0.15, 0.2) is 0 Å². The van der Waals surface area contributed by atoms with Crippen molar-refractivity contribution in [2.24, 2.45) is 0 Å². The van der Waals surface area contributed by atoms with Crippen molar-refractivity contribution < 1.29 is 17.9 Å². The number of nitrogens with one attached hydrogen (secondary N) is 2. The van der Waals surface area contributed by atoms with Gasteiger partial charge >= 0.3 is 0 Å². The summed E-state index contributed by atoms with van der Waals surface area (Å²) in [6.45, 7) is 3.30. The molecule has 1 fully saturated rings. The number of aromatic amines is 1. The van der Waals surface area contributed by atoms with Crippen LogP contribution < -0.4 is 5.32 Å². The number of morpholine rings is 1. The Morgan fingerprint density at radius 1 is 1.42 bits per heavy atom. The zero-order valence-corrected chi connectivity index (χ0v) is 14.8. The number of ether oxygens (including phenoxy) is 1. The zero-order valence-electron chi connectivity index (χ0n) is 13.2. The molecule has 0 saturated carbocycles. The molecule has 0 radical (unpaired) electrons. The molecule has 1 aliphatic rings. The zero-order chi connectivity index (χ0) is 17.2. The summed E-state index contributed by atoms with van der Waals surface area (Å²) in [5.74, 6) is -0.334. The van der Waals surface area contributed by atoms with Crippen molar-refractivity contribution in [3.63, 3.8) is 0 Å². The van der Waals surface area contributed by atoms with Crippen molar-refractivity contribution in [1.82, 2.24) is 14.6 Å². The van der Waals surface area contributed by atoms with E-state index < -0.39 is 10.0 Å². The molecule has 3 heterocycles. The third kappa shape index (κ3) is 3.54. The minimum Gasteiger partial charge on any atom is -0.379 e. The van der Waals surface area contributed by atoms with E-state index in [9.17, 15) is 13.2 Å². The summed E-state index contributed by atoms with van der Waals surface area (Å²) in [6.07, 6.45) is 1.36. The van der Waals surface area contributed by atoms with Crippen LogP contribution in [-0.4, -0.2) is 49.9 Å². The number of H-pyrrole nitrogens is 1. The Balaban J connectivity index is 1.71. The molecule has 24 heavy (non-hydrogen) atoms. The van der Waals surface area contributed by atoms with E-state index in [4.69, 9.17) is 4.74 Å². The maximum atomic E-state index is 12.6. The molecule has 1 saturated heterocycles. The first-order valence-corrected chi connectivity index (χ1v) is 9.91. The Bertz CT molecular complexity index is 793. The van der Waals surface area contributed by atoms with Crippen LogP contribution in [-0.2, 0) is 14.8 Å². The molecule has 0 aromatic carbocycles. The number of nitrogens with zero attached hydrogens (tertiary/aromatic N) is 1. The van der Waals surface area contributed by atoms with Crippen LogP contribution in [0.3, 0.4) is 0 Å².